The van der Waals surface area contributed by atoms with E-state index in [4.69, 9.17) is 5.73 Å². The topological polar surface area (TPSA) is 43.1 Å². The van der Waals surface area contributed by atoms with Crippen LogP contribution in [0, 0.1) is 6.92 Å². The zero-order chi connectivity index (χ0) is 13.4. The molecule has 2 aromatic carbocycles. The number of carbonyl (C=O) groups is 1. The van der Waals surface area contributed by atoms with Crippen molar-refractivity contribution in [2.45, 2.75) is 11.8 Å². The molecular formula is C16H13NOS. The zero-order valence-corrected chi connectivity index (χ0v) is 11.3. The number of hydrogen-bond acceptors (Lipinski definition) is 3. The molecule has 3 rings (SSSR count). The van der Waals surface area contributed by atoms with Gasteiger partial charge in [0.1, 0.15) is 0 Å². The summed E-state index contributed by atoms with van der Waals surface area (Å²) in [5, 5.41) is 0. The number of benzene rings is 2. The minimum Gasteiger partial charge on any atom is -0.397 e. The maximum Gasteiger partial charge on any atom is 0.203 e. The van der Waals surface area contributed by atoms with Gasteiger partial charge in [0.2, 0.25) is 5.78 Å². The third kappa shape index (κ3) is 1.96. The molecule has 0 aromatic heterocycles. The summed E-state index contributed by atoms with van der Waals surface area (Å²) >= 11 is 1.47. The van der Waals surface area contributed by atoms with Gasteiger partial charge in [-0.2, -0.15) is 0 Å². The number of rotatable bonds is 1. The largest absolute Gasteiger partial charge is 0.397 e. The van der Waals surface area contributed by atoms with E-state index in [2.05, 4.69) is 0 Å². The fraction of sp³-hybridized carbons (Fsp3) is 0.0625. The molecule has 0 unspecified atom stereocenters. The van der Waals surface area contributed by atoms with Crippen molar-refractivity contribution in [2.75, 3.05) is 0 Å². The van der Waals surface area contributed by atoms with E-state index in [9.17, 15) is 4.79 Å². The number of Topliss-reactive ketones (excluding diaryl/α,β-unsaturated/α-hetero) is 1. The van der Waals surface area contributed by atoms with Crippen molar-refractivity contribution < 1.29 is 4.79 Å². The Morgan fingerprint density at radius 3 is 2.47 bits per heavy atom. The summed E-state index contributed by atoms with van der Waals surface area (Å²) in [5.74, 6) is 0.0412. The first-order valence-electron chi connectivity index (χ1n) is 6.06. The van der Waals surface area contributed by atoms with Gasteiger partial charge in [-0.05, 0) is 24.1 Å². The molecule has 0 spiro atoms. The molecule has 2 N–H and O–H groups in total. The van der Waals surface area contributed by atoms with Gasteiger partial charge < -0.3 is 5.73 Å². The van der Waals surface area contributed by atoms with E-state index in [1.54, 1.807) is 0 Å². The lowest BCUT2D eigenvalue weighted by Gasteiger charge is -2.04. The van der Waals surface area contributed by atoms with Crippen molar-refractivity contribution >= 4 is 23.2 Å². The molecule has 0 amide bonds. The zero-order valence-electron chi connectivity index (χ0n) is 10.5. The molecule has 1 aliphatic heterocycles. The minimum absolute atomic E-state index is 0.0412. The predicted molar refractivity (Wildman–Crippen MR) is 78.9 cm³/mol. The van der Waals surface area contributed by atoms with Crippen LogP contribution in [0.3, 0.4) is 0 Å². The van der Waals surface area contributed by atoms with Crippen LogP contribution >= 0.6 is 11.8 Å². The third-order valence-electron chi connectivity index (χ3n) is 3.21. The first-order chi connectivity index (χ1) is 9.18. The van der Waals surface area contributed by atoms with Crippen LogP contribution in [0.5, 0.6) is 0 Å². The number of hydrogen-bond donors (Lipinski definition) is 1. The summed E-state index contributed by atoms with van der Waals surface area (Å²) < 4.78 is 0. The number of nitrogens with two attached hydrogens (primary N) is 1. The Bertz CT molecular complexity index is 689. The van der Waals surface area contributed by atoms with Crippen LogP contribution < -0.4 is 5.73 Å². The molecule has 1 aliphatic rings. The van der Waals surface area contributed by atoms with Gasteiger partial charge in [0.15, 0.2) is 0 Å². The molecule has 0 saturated carbocycles. The second-order valence-corrected chi connectivity index (χ2v) is 5.54. The molecule has 2 aromatic rings. The standard InChI is InChI=1S/C16H13NOS/c1-10-6-5-9-12-13(10)15(18)16(19-12)14(17)11-7-3-2-4-8-11/h2-9H,17H2,1H3/b16-14+. The smallest absolute Gasteiger partial charge is 0.203 e. The highest BCUT2D eigenvalue weighted by Gasteiger charge is 2.29. The van der Waals surface area contributed by atoms with Crippen molar-refractivity contribution in [3.8, 4) is 0 Å². The molecule has 1 heterocycles. The van der Waals surface area contributed by atoms with Crippen molar-refractivity contribution in [3.05, 3.63) is 70.1 Å². The van der Waals surface area contributed by atoms with Gasteiger partial charge in [-0.15, -0.1) is 0 Å². The van der Waals surface area contributed by atoms with Crippen LogP contribution in [0.15, 0.2) is 58.3 Å². The molecule has 0 saturated heterocycles. The normalized spacial score (nSPS) is 16.4. The molecule has 3 heteroatoms. The Labute approximate surface area is 116 Å². The van der Waals surface area contributed by atoms with Crippen molar-refractivity contribution in [1.82, 2.24) is 0 Å². The average Bonchev–Trinajstić information content (AvgIpc) is 2.78. The lowest BCUT2D eigenvalue weighted by molar-refractivity contribution is 0.104. The van der Waals surface area contributed by atoms with E-state index in [0.29, 0.717) is 10.6 Å². The van der Waals surface area contributed by atoms with E-state index >= 15 is 0 Å². The number of ketones is 1. The van der Waals surface area contributed by atoms with Crippen molar-refractivity contribution in [3.63, 3.8) is 0 Å². The fourth-order valence-electron chi connectivity index (χ4n) is 2.21. The van der Waals surface area contributed by atoms with Crippen LogP contribution in [0.2, 0.25) is 0 Å². The van der Waals surface area contributed by atoms with Gasteiger partial charge in [-0.3, -0.25) is 4.79 Å². The summed E-state index contributed by atoms with van der Waals surface area (Å²) in [6.45, 7) is 1.96. The Morgan fingerprint density at radius 2 is 1.79 bits per heavy atom. The Balaban J connectivity index is 2.12. The third-order valence-corrected chi connectivity index (χ3v) is 4.38. The van der Waals surface area contributed by atoms with Gasteiger partial charge in [0.25, 0.3) is 0 Å². The van der Waals surface area contributed by atoms with Crippen LogP contribution in [0.25, 0.3) is 5.70 Å². The SMILES string of the molecule is Cc1cccc2c1C(=O)/C(=C(\N)c1ccccc1)S2. The average molecular weight is 267 g/mol. The van der Waals surface area contributed by atoms with Crippen LogP contribution in [0.1, 0.15) is 21.5 Å². The molecule has 2 nitrogen and oxygen atoms in total. The van der Waals surface area contributed by atoms with Crippen molar-refractivity contribution in [2.24, 2.45) is 5.73 Å². The number of thioether (sulfide) groups is 1. The van der Waals surface area contributed by atoms with E-state index in [1.165, 1.54) is 11.8 Å². The summed E-state index contributed by atoms with van der Waals surface area (Å²) in [4.78, 5) is 14.1. The molecule has 94 valence electrons. The maximum atomic E-state index is 12.5. The second kappa shape index (κ2) is 4.59. The lowest BCUT2D eigenvalue weighted by atomic mass is 10.0. The van der Waals surface area contributed by atoms with Gasteiger partial charge in [-0.1, -0.05) is 54.2 Å². The maximum absolute atomic E-state index is 12.5. The Kier molecular flexibility index (Phi) is 2.91. The van der Waals surface area contributed by atoms with E-state index in [-0.39, 0.29) is 5.78 Å². The number of carbonyl (C=O) groups excluding carboxylic acids is 1. The van der Waals surface area contributed by atoms with Crippen molar-refractivity contribution in [1.29, 1.82) is 0 Å². The lowest BCUT2D eigenvalue weighted by Crippen LogP contribution is -2.05. The van der Waals surface area contributed by atoms with Gasteiger partial charge in [0, 0.05) is 10.5 Å². The minimum atomic E-state index is 0.0412. The molecule has 0 bridgehead atoms. The van der Waals surface area contributed by atoms with Crippen LogP contribution in [-0.4, -0.2) is 5.78 Å². The number of allylic oxidation sites excluding steroid dienone is 1. The first kappa shape index (κ1) is 12.1. The molecule has 0 atom stereocenters. The molecular weight excluding hydrogens is 254 g/mol. The summed E-state index contributed by atoms with van der Waals surface area (Å²) in [6.07, 6.45) is 0. The van der Waals surface area contributed by atoms with E-state index < -0.39 is 0 Å². The second-order valence-electron chi connectivity index (χ2n) is 4.49. The van der Waals surface area contributed by atoms with Gasteiger partial charge in [0.05, 0.1) is 10.6 Å². The predicted octanol–water partition coefficient (Wildman–Crippen LogP) is 3.61. The van der Waals surface area contributed by atoms with Gasteiger partial charge in [-0.25, -0.2) is 0 Å². The Morgan fingerprint density at radius 1 is 1.05 bits per heavy atom. The Hall–Kier alpha value is -2.00. The van der Waals surface area contributed by atoms with E-state index in [0.717, 1.165) is 21.6 Å². The summed E-state index contributed by atoms with van der Waals surface area (Å²) in [6, 6.07) is 15.5. The number of fused-ring (bicyclic) bond motifs is 1. The molecule has 0 radical (unpaired) electrons. The monoisotopic (exact) mass is 267 g/mol. The molecule has 0 fully saturated rings. The van der Waals surface area contributed by atoms with Crippen LogP contribution in [0.4, 0.5) is 0 Å². The highest BCUT2D eigenvalue weighted by Crippen LogP contribution is 2.43. The highest BCUT2D eigenvalue weighted by molar-refractivity contribution is 8.05. The summed E-state index contributed by atoms with van der Waals surface area (Å²) in [7, 11) is 0. The van der Waals surface area contributed by atoms with Gasteiger partial charge >= 0.3 is 0 Å². The molecule has 19 heavy (non-hydrogen) atoms. The summed E-state index contributed by atoms with van der Waals surface area (Å²) in [5.41, 5.74) is 9.41. The van der Waals surface area contributed by atoms with E-state index in [1.807, 2.05) is 55.5 Å². The molecule has 0 aliphatic carbocycles. The first-order valence-corrected chi connectivity index (χ1v) is 6.87. The fourth-order valence-corrected chi connectivity index (χ4v) is 3.36. The number of aryl methyl sites for hydroxylation is 1. The van der Waals surface area contributed by atoms with Crippen LogP contribution in [-0.2, 0) is 0 Å². The highest BCUT2D eigenvalue weighted by atomic mass is 32.2. The quantitative estimate of drug-likeness (QED) is 0.803.